The summed E-state index contributed by atoms with van der Waals surface area (Å²) < 4.78 is 2.00. The number of fused-ring (bicyclic) bond motifs is 1. The second-order valence-corrected chi connectivity index (χ2v) is 7.55. The van der Waals surface area contributed by atoms with Crippen LogP contribution in [0.5, 0.6) is 0 Å². The molecule has 0 fully saturated rings. The van der Waals surface area contributed by atoms with Crippen molar-refractivity contribution in [2.75, 3.05) is 6.54 Å². The molecule has 4 rings (SSSR count). The van der Waals surface area contributed by atoms with Crippen molar-refractivity contribution in [3.63, 3.8) is 0 Å². The van der Waals surface area contributed by atoms with Crippen LogP contribution >= 0.6 is 22.9 Å². The van der Waals surface area contributed by atoms with Crippen molar-refractivity contribution in [2.45, 2.75) is 12.8 Å². The van der Waals surface area contributed by atoms with Gasteiger partial charge in [-0.25, -0.2) is 4.98 Å². The van der Waals surface area contributed by atoms with Crippen LogP contribution in [0, 0.1) is 0 Å². The normalized spacial score (nSPS) is 11.0. The molecule has 0 atom stereocenters. The first-order valence-electron chi connectivity index (χ1n) is 8.71. The summed E-state index contributed by atoms with van der Waals surface area (Å²) in [5.74, 6) is 0.00619. The van der Waals surface area contributed by atoms with E-state index in [0.29, 0.717) is 18.0 Å². The van der Waals surface area contributed by atoms with Crippen LogP contribution in [0.25, 0.3) is 16.2 Å². The number of nitrogens with zero attached hydrogens (tertiary/aromatic N) is 2. The molecule has 0 radical (unpaired) electrons. The van der Waals surface area contributed by atoms with Crippen LogP contribution in [-0.2, 0) is 17.6 Å². The van der Waals surface area contributed by atoms with Gasteiger partial charge in [0.2, 0.25) is 5.91 Å². The highest BCUT2D eigenvalue weighted by atomic mass is 35.5. The molecule has 4 nitrogen and oxygen atoms in total. The number of imidazole rings is 1. The van der Waals surface area contributed by atoms with Crippen LogP contribution in [0.4, 0.5) is 0 Å². The Morgan fingerprint density at radius 3 is 2.81 bits per heavy atom. The predicted molar refractivity (Wildman–Crippen MR) is 110 cm³/mol. The highest BCUT2D eigenvalue weighted by Gasteiger charge is 2.12. The molecule has 0 bridgehead atoms. The van der Waals surface area contributed by atoms with E-state index in [-0.39, 0.29) is 5.91 Å². The maximum atomic E-state index is 12.3. The molecule has 0 saturated heterocycles. The van der Waals surface area contributed by atoms with Crippen LogP contribution in [0.1, 0.15) is 11.3 Å². The number of thiazole rings is 1. The molecule has 136 valence electrons. The van der Waals surface area contributed by atoms with Crippen LogP contribution in [0.15, 0.2) is 66.2 Å². The number of rotatable bonds is 6. The third-order valence-electron chi connectivity index (χ3n) is 4.32. The lowest BCUT2D eigenvalue weighted by atomic mass is 10.1. The molecule has 0 aliphatic heterocycles. The monoisotopic (exact) mass is 395 g/mol. The van der Waals surface area contributed by atoms with Gasteiger partial charge in [-0.15, -0.1) is 11.3 Å². The predicted octanol–water partition coefficient (Wildman–Crippen LogP) is 4.62. The number of benzene rings is 2. The first-order valence-corrected chi connectivity index (χ1v) is 9.97. The Labute approximate surface area is 166 Å². The number of amides is 1. The molecular weight excluding hydrogens is 378 g/mol. The molecular formula is C21H18ClN3OS. The highest BCUT2D eigenvalue weighted by Crippen LogP contribution is 2.23. The van der Waals surface area contributed by atoms with E-state index in [0.717, 1.165) is 33.9 Å². The van der Waals surface area contributed by atoms with Crippen molar-refractivity contribution >= 4 is 33.8 Å². The third kappa shape index (κ3) is 4.21. The Morgan fingerprint density at radius 1 is 1.15 bits per heavy atom. The van der Waals surface area contributed by atoms with E-state index in [1.165, 1.54) is 0 Å². The van der Waals surface area contributed by atoms with Crippen molar-refractivity contribution in [1.82, 2.24) is 14.7 Å². The number of halogens is 1. The molecule has 1 amide bonds. The maximum Gasteiger partial charge on any atom is 0.225 e. The fraction of sp³-hybridized carbons (Fsp3) is 0.143. The zero-order valence-electron chi connectivity index (χ0n) is 14.6. The van der Waals surface area contributed by atoms with Gasteiger partial charge in [0.25, 0.3) is 0 Å². The summed E-state index contributed by atoms with van der Waals surface area (Å²) >= 11 is 7.54. The van der Waals surface area contributed by atoms with Crippen LogP contribution in [-0.4, -0.2) is 21.8 Å². The number of hydrogen-bond donors (Lipinski definition) is 1. The summed E-state index contributed by atoms with van der Waals surface area (Å²) in [7, 11) is 0. The number of hydrogen-bond acceptors (Lipinski definition) is 3. The lowest BCUT2D eigenvalue weighted by Crippen LogP contribution is -2.27. The summed E-state index contributed by atoms with van der Waals surface area (Å²) in [5, 5.41) is 5.69. The smallest absolute Gasteiger partial charge is 0.225 e. The number of carbonyl (C=O) groups is 1. The highest BCUT2D eigenvalue weighted by molar-refractivity contribution is 7.15. The van der Waals surface area contributed by atoms with Crippen LogP contribution in [0.2, 0.25) is 5.02 Å². The Hall–Kier alpha value is -2.63. The summed E-state index contributed by atoms with van der Waals surface area (Å²) in [6.07, 6.45) is 3.09. The molecule has 0 spiro atoms. The van der Waals surface area contributed by atoms with Crippen LogP contribution < -0.4 is 5.32 Å². The maximum absolute atomic E-state index is 12.3. The van der Waals surface area contributed by atoms with Crippen LogP contribution in [0.3, 0.4) is 0 Å². The summed E-state index contributed by atoms with van der Waals surface area (Å²) in [4.78, 5) is 17.9. The minimum Gasteiger partial charge on any atom is -0.355 e. The molecule has 27 heavy (non-hydrogen) atoms. The van der Waals surface area contributed by atoms with Gasteiger partial charge in [-0.3, -0.25) is 9.20 Å². The second kappa shape index (κ2) is 7.94. The Morgan fingerprint density at radius 2 is 2.00 bits per heavy atom. The molecule has 2 aromatic heterocycles. The molecule has 1 N–H and O–H groups in total. The number of carbonyl (C=O) groups excluding carboxylic acids is 1. The average Bonchev–Trinajstić information content (AvgIpc) is 3.25. The molecule has 0 unspecified atom stereocenters. The van der Waals surface area contributed by atoms with Gasteiger partial charge in [0.05, 0.1) is 12.1 Å². The largest absolute Gasteiger partial charge is 0.355 e. The van der Waals surface area contributed by atoms with Gasteiger partial charge in [0.15, 0.2) is 4.96 Å². The minimum absolute atomic E-state index is 0.00619. The van der Waals surface area contributed by atoms with E-state index in [1.807, 2.05) is 70.6 Å². The molecule has 6 heteroatoms. The molecule has 2 heterocycles. The first-order chi connectivity index (χ1) is 13.2. The average molecular weight is 396 g/mol. The topological polar surface area (TPSA) is 46.4 Å². The lowest BCUT2D eigenvalue weighted by Gasteiger charge is -2.05. The Kier molecular flexibility index (Phi) is 5.23. The van der Waals surface area contributed by atoms with E-state index in [1.54, 1.807) is 11.3 Å². The number of aromatic nitrogens is 2. The lowest BCUT2D eigenvalue weighted by molar-refractivity contribution is -0.120. The van der Waals surface area contributed by atoms with E-state index in [2.05, 4.69) is 10.3 Å². The summed E-state index contributed by atoms with van der Waals surface area (Å²) in [5.41, 5.74) is 4.06. The van der Waals surface area contributed by atoms with Gasteiger partial charge in [0, 0.05) is 34.4 Å². The van der Waals surface area contributed by atoms with Crippen molar-refractivity contribution in [3.05, 3.63) is 82.5 Å². The van der Waals surface area contributed by atoms with E-state index in [9.17, 15) is 4.79 Å². The Bertz CT molecular complexity index is 1070. The zero-order chi connectivity index (χ0) is 18.6. The fourth-order valence-corrected chi connectivity index (χ4v) is 4.06. The van der Waals surface area contributed by atoms with Gasteiger partial charge in [-0.2, -0.15) is 0 Å². The molecule has 0 aliphatic rings. The third-order valence-corrected chi connectivity index (χ3v) is 5.44. The van der Waals surface area contributed by atoms with Gasteiger partial charge in [-0.05, 0) is 24.1 Å². The van der Waals surface area contributed by atoms with Gasteiger partial charge >= 0.3 is 0 Å². The standard InChI is InChI=1S/C21H18ClN3OS/c22-17-8-4-5-15(11-17)9-10-23-20(26)12-18-14-27-21-24-19(13-25(18)21)16-6-2-1-3-7-16/h1-8,11,13-14H,9-10,12H2,(H,23,26). The van der Waals surface area contributed by atoms with Gasteiger partial charge in [-0.1, -0.05) is 54.1 Å². The van der Waals surface area contributed by atoms with Crippen molar-refractivity contribution in [1.29, 1.82) is 0 Å². The summed E-state index contributed by atoms with van der Waals surface area (Å²) in [6.45, 7) is 0.589. The Balaban J connectivity index is 1.39. The quantitative estimate of drug-likeness (QED) is 0.518. The van der Waals surface area contributed by atoms with Crippen molar-refractivity contribution < 1.29 is 4.79 Å². The van der Waals surface area contributed by atoms with Crippen molar-refractivity contribution in [2.24, 2.45) is 0 Å². The van der Waals surface area contributed by atoms with Gasteiger partial charge < -0.3 is 5.32 Å². The fourth-order valence-electron chi connectivity index (χ4n) is 2.97. The SMILES string of the molecule is O=C(Cc1csc2nc(-c3ccccc3)cn12)NCCc1cccc(Cl)c1. The van der Waals surface area contributed by atoms with Gasteiger partial charge in [0.1, 0.15) is 0 Å². The van der Waals surface area contributed by atoms with E-state index >= 15 is 0 Å². The minimum atomic E-state index is 0.00619. The molecule has 0 aliphatic carbocycles. The van der Waals surface area contributed by atoms with E-state index < -0.39 is 0 Å². The summed E-state index contributed by atoms with van der Waals surface area (Å²) in [6, 6.07) is 17.8. The molecule has 4 aromatic rings. The molecule has 0 saturated carbocycles. The van der Waals surface area contributed by atoms with Crippen molar-refractivity contribution in [3.8, 4) is 11.3 Å². The first kappa shape index (κ1) is 17.8. The molecule has 2 aromatic carbocycles. The second-order valence-electron chi connectivity index (χ2n) is 6.28. The zero-order valence-corrected chi connectivity index (χ0v) is 16.1. The number of nitrogens with one attached hydrogen (secondary N) is 1. The van der Waals surface area contributed by atoms with E-state index in [4.69, 9.17) is 11.6 Å².